The number of carbonyl (C=O) groups is 1. The number of pyridine rings is 1. The van der Waals surface area contributed by atoms with Gasteiger partial charge in [-0.05, 0) is 72.9 Å². The first-order chi connectivity index (χ1) is 12.1. The summed E-state index contributed by atoms with van der Waals surface area (Å²) in [5, 5.41) is 0. The van der Waals surface area contributed by atoms with Crippen LogP contribution in [-0.2, 0) is 6.42 Å². The molecule has 1 aliphatic rings. The van der Waals surface area contributed by atoms with Gasteiger partial charge in [0.1, 0.15) is 0 Å². The van der Waals surface area contributed by atoms with Crippen LogP contribution in [0.15, 0.2) is 60.9 Å². The molecule has 3 heteroatoms. The molecule has 3 aromatic rings. The molecule has 1 aromatic heterocycles. The summed E-state index contributed by atoms with van der Waals surface area (Å²) < 4.78 is 0. The highest BCUT2D eigenvalue weighted by Crippen LogP contribution is 2.33. The second-order valence-electron chi connectivity index (χ2n) is 6.60. The lowest BCUT2D eigenvalue weighted by Crippen LogP contribution is -2.29. The Bertz CT molecular complexity index is 947. The van der Waals surface area contributed by atoms with E-state index in [9.17, 15) is 4.79 Å². The second kappa shape index (κ2) is 6.17. The van der Waals surface area contributed by atoms with Gasteiger partial charge in [0, 0.05) is 30.2 Å². The summed E-state index contributed by atoms with van der Waals surface area (Å²) in [6.45, 7) is 4.79. The Balaban J connectivity index is 1.67. The highest BCUT2D eigenvalue weighted by molar-refractivity contribution is 6.08. The molecule has 0 N–H and O–H groups in total. The molecule has 1 aliphatic heterocycles. The average Bonchev–Trinajstić information content (AvgIpc) is 3.05. The molecule has 4 rings (SSSR count). The third kappa shape index (κ3) is 2.82. The van der Waals surface area contributed by atoms with Crippen molar-refractivity contribution in [3.05, 3.63) is 83.2 Å². The first kappa shape index (κ1) is 15.6. The largest absolute Gasteiger partial charge is 0.308 e. The number of aryl methyl sites for hydroxylation is 2. The minimum atomic E-state index is 0.0907. The Hall–Kier alpha value is -2.94. The van der Waals surface area contributed by atoms with Gasteiger partial charge in [0.25, 0.3) is 5.91 Å². The van der Waals surface area contributed by atoms with Crippen molar-refractivity contribution in [2.24, 2.45) is 0 Å². The van der Waals surface area contributed by atoms with Gasteiger partial charge in [-0.3, -0.25) is 9.78 Å². The lowest BCUT2D eigenvalue weighted by atomic mass is 10.0. The van der Waals surface area contributed by atoms with Crippen LogP contribution in [0.5, 0.6) is 0 Å². The maximum absolute atomic E-state index is 13.0. The molecular formula is C22H20N2O. The maximum atomic E-state index is 13.0. The Morgan fingerprint density at radius 1 is 0.960 bits per heavy atom. The molecule has 25 heavy (non-hydrogen) atoms. The average molecular weight is 328 g/mol. The standard InChI is InChI=1S/C22H20N2O/c1-15-3-5-20(16(2)13-15)22(25)24-12-9-19-14-18(4-6-21(19)24)17-7-10-23-11-8-17/h3-8,10-11,13-14H,9,12H2,1-2H3. The molecule has 0 aliphatic carbocycles. The van der Waals surface area contributed by atoms with Gasteiger partial charge in [-0.1, -0.05) is 23.8 Å². The van der Waals surface area contributed by atoms with Crippen molar-refractivity contribution in [3.63, 3.8) is 0 Å². The lowest BCUT2D eigenvalue weighted by Gasteiger charge is -2.19. The van der Waals surface area contributed by atoms with Crippen LogP contribution in [0, 0.1) is 13.8 Å². The fourth-order valence-electron chi connectivity index (χ4n) is 3.54. The third-order valence-electron chi connectivity index (χ3n) is 4.85. The van der Waals surface area contributed by atoms with E-state index in [1.54, 1.807) is 12.4 Å². The number of anilines is 1. The van der Waals surface area contributed by atoms with Gasteiger partial charge in [-0.15, -0.1) is 0 Å². The molecule has 0 radical (unpaired) electrons. The van der Waals surface area contributed by atoms with Gasteiger partial charge in [0.05, 0.1) is 0 Å². The van der Waals surface area contributed by atoms with Crippen LogP contribution in [0.1, 0.15) is 27.0 Å². The molecule has 0 unspecified atom stereocenters. The number of aromatic nitrogens is 1. The van der Waals surface area contributed by atoms with E-state index < -0.39 is 0 Å². The maximum Gasteiger partial charge on any atom is 0.258 e. The number of hydrogen-bond acceptors (Lipinski definition) is 2. The number of fused-ring (bicyclic) bond motifs is 1. The summed E-state index contributed by atoms with van der Waals surface area (Å²) >= 11 is 0. The summed E-state index contributed by atoms with van der Waals surface area (Å²) in [4.78, 5) is 19.0. The molecule has 0 atom stereocenters. The van der Waals surface area contributed by atoms with E-state index in [2.05, 4.69) is 29.2 Å². The molecule has 0 bridgehead atoms. The van der Waals surface area contributed by atoms with Crippen LogP contribution in [0.4, 0.5) is 5.69 Å². The van der Waals surface area contributed by atoms with Gasteiger partial charge in [-0.25, -0.2) is 0 Å². The third-order valence-corrected chi connectivity index (χ3v) is 4.85. The molecule has 2 heterocycles. The van der Waals surface area contributed by atoms with Crippen LogP contribution >= 0.6 is 0 Å². The van der Waals surface area contributed by atoms with Crippen molar-refractivity contribution in [3.8, 4) is 11.1 Å². The quantitative estimate of drug-likeness (QED) is 0.690. The second-order valence-corrected chi connectivity index (χ2v) is 6.60. The first-order valence-electron chi connectivity index (χ1n) is 8.56. The topological polar surface area (TPSA) is 33.2 Å². The number of amides is 1. The molecule has 0 spiro atoms. The fourth-order valence-corrected chi connectivity index (χ4v) is 3.54. The highest BCUT2D eigenvalue weighted by atomic mass is 16.2. The first-order valence-corrected chi connectivity index (χ1v) is 8.56. The van der Waals surface area contributed by atoms with E-state index in [0.717, 1.165) is 35.3 Å². The number of rotatable bonds is 2. The molecule has 0 saturated heterocycles. The van der Waals surface area contributed by atoms with Gasteiger partial charge in [0.2, 0.25) is 0 Å². The zero-order valence-corrected chi connectivity index (χ0v) is 14.5. The summed E-state index contributed by atoms with van der Waals surface area (Å²) in [6.07, 6.45) is 4.50. The van der Waals surface area contributed by atoms with Crippen molar-refractivity contribution >= 4 is 11.6 Å². The summed E-state index contributed by atoms with van der Waals surface area (Å²) in [7, 11) is 0. The van der Waals surface area contributed by atoms with E-state index in [-0.39, 0.29) is 5.91 Å². The minimum Gasteiger partial charge on any atom is -0.308 e. The molecule has 1 amide bonds. The smallest absolute Gasteiger partial charge is 0.258 e. The van der Waals surface area contributed by atoms with E-state index >= 15 is 0 Å². The normalized spacial score (nSPS) is 13.0. The van der Waals surface area contributed by atoms with Crippen LogP contribution in [0.3, 0.4) is 0 Å². The van der Waals surface area contributed by atoms with Gasteiger partial charge in [0.15, 0.2) is 0 Å². The number of nitrogens with zero attached hydrogens (tertiary/aromatic N) is 2. The molecule has 0 fully saturated rings. The lowest BCUT2D eigenvalue weighted by molar-refractivity contribution is 0.0989. The summed E-state index contributed by atoms with van der Waals surface area (Å²) in [6, 6.07) is 16.4. The van der Waals surface area contributed by atoms with Crippen LogP contribution in [0.2, 0.25) is 0 Å². The zero-order valence-electron chi connectivity index (χ0n) is 14.5. The van der Waals surface area contributed by atoms with E-state index in [1.807, 2.05) is 43.0 Å². The van der Waals surface area contributed by atoms with E-state index in [1.165, 1.54) is 16.7 Å². The van der Waals surface area contributed by atoms with Crippen molar-refractivity contribution < 1.29 is 4.79 Å². The fraction of sp³-hybridized carbons (Fsp3) is 0.182. The summed E-state index contributed by atoms with van der Waals surface area (Å²) in [5.74, 6) is 0.0907. The number of benzene rings is 2. The number of hydrogen-bond donors (Lipinski definition) is 0. The van der Waals surface area contributed by atoms with Crippen molar-refractivity contribution in [1.29, 1.82) is 0 Å². The predicted molar refractivity (Wildman–Crippen MR) is 101 cm³/mol. The van der Waals surface area contributed by atoms with Gasteiger partial charge >= 0.3 is 0 Å². The van der Waals surface area contributed by atoms with Crippen molar-refractivity contribution in [1.82, 2.24) is 4.98 Å². The monoisotopic (exact) mass is 328 g/mol. The van der Waals surface area contributed by atoms with Crippen molar-refractivity contribution in [2.45, 2.75) is 20.3 Å². The van der Waals surface area contributed by atoms with Gasteiger partial charge in [-0.2, -0.15) is 0 Å². The molecule has 124 valence electrons. The molecule has 3 nitrogen and oxygen atoms in total. The Morgan fingerprint density at radius 3 is 2.52 bits per heavy atom. The SMILES string of the molecule is Cc1ccc(C(=O)N2CCc3cc(-c4ccncc4)ccc32)c(C)c1. The van der Waals surface area contributed by atoms with Crippen LogP contribution in [0.25, 0.3) is 11.1 Å². The minimum absolute atomic E-state index is 0.0907. The zero-order chi connectivity index (χ0) is 17.4. The Labute approximate surface area is 148 Å². The highest BCUT2D eigenvalue weighted by Gasteiger charge is 2.26. The van der Waals surface area contributed by atoms with Crippen molar-refractivity contribution in [2.75, 3.05) is 11.4 Å². The van der Waals surface area contributed by atoms with Gasteiger partial charge < -0.3 is 4.90 Å². The Kier molecular flexibility index (Phi) is 3.85. The predicted octanol–water partition coefficient (Wildman–Crippen LogP) is 4.57. The summed E-state index contributed by atoms with van der Waals surface area (Å²) in [5.41, 5.74) is 7.58. The van der Waals surface area contributed by atoms with E-state index in [4.69, 9.17) is 0 Å². The van der Waals surface area contributed by atoms with Crippen LogP contribution < -0.4 is 4.90 Å². The van der Waals surface area contributed by atoms with E-state index in [0.29, 0.717) is 0 Å². The number of carbonyl (C=O) groups excluding carboxylic acids is 1. The molecule has 0 saturated carbocycles. The van der Waals surface area contributed by atoms with Crippen LogP contribution in [-0.4, -0.2) is 17.4 Å². The molecular weight excluding hydrogens is 308 g/mol. The molecule has 2 aromatic carbocycles. The Morgan fingerprint density at radius 2 is 1.76 bits per heavy atom.